The molecule has 0 bridgehead atoms. The summed E-state index contributed by atoms with van der Waals surface area (Å²) in [5.41, 5.74) is 2.41. The minimum Gasteiger partial charge on any atom is -0.461 e. The first-order valence-corrected chi connectivity index (χ1v) is 33.1. The molecule has 0 spiro atoms. The van der Waals surface area contributed by atoms with Crippen LogP contribution in [0, 0.1) is 11.8 Å². The third-order valence-corrected chi connectivity index (χ3v) is 17.5. The van der Waals surface area contributed by atoms with Crippen molar-refractivity contribution in [3.8, 4) is 0 Å². The van der Waals surface area contributed by atoms with Crippen LogP contribution in [0.5, 0.6) is 0 Å². The number of sulfonamides is 1. The number of unbranched alkanes of at least 4 members (excludes halogenated alkanes) is 18. The zero-order valence-electron chi connectivity index (χ0n) is 48.6. The van der Waals surface area contributed by atoms with Gasteiger partial charge in [0.15, 0.2) is 9.84 Å². The minimum absolute atomic E-state index is 0.0329. The predicted molar refractivity (Wildman–Crippen MR) is 331 cm³/mol. The number of sulfone groups is 1. The van der Waals surface area contributed by atoms with E-state index in [1.54, 1.807) is 32.3 Å². The van der Waals surface area contributed by atoms with Crippen LogP contribution in [0.25, 0.3) is 0 Å². The van der Waals surface area contributed by atoms with E-state index in [2.05, 4.69) is 29.2 Å². The van der Waals surface area contributed by atoms with E-state index in [-0.39, 0.29) is 62.7 Å². The van der Waals surface area contributed by atoms with Crippen molar-refractivity contribution in [3.63, 3.8) is 0 Å². The number of halogens is 2. The number of nitrogens with zero attached hydrogens (tertiary/aromatic N) is 2. The third-order valence-electron chi connectivity index (χ3n) is 13.8. The number of carbonyl (C=O) groups is 5. The van der Waals surface area contributed by atoms with E-state index in [0.29, 0.717) is 30.8 Å². The Morgan fingerprint density at radius 2 is 0.975 bits per heavy atom. The van der Waals surface area contributed by atoms with Crippen LogP contribution in [0.1, 0.15) is 172 Å². The number of hydrogen-bond donors (Lipinski definition) is 3. The molecule has 0 fully saturated rings. The Labute approximate surface area is 494 Å². The van der Waals surface area contributed by atoms with Crippen molar-refractivity contribution in [2.24, 2.45) is 11.8 Å². The lowest BCUT2D eigenvalue weighted by molar-refractivity contribution is -0.139. The Balaban J connectivity index is 0.000000428. The topological polar surface area (TPSA) is 205 Å². The number of nitrogens with one attached hydrogen (secondary N) is 3. The second-order valence-electron chi connectivity index (χ2n) is 20.8. The molecule has 4 rings (SSSR count). The average molecular weight is 1200 g/mol. The Bertz CT molecular complexity index is 2770. The number of hydrogen-bond acceptors (Lipinski definition) is 10. The van der Waals surface area contributed by atoms with Crippen molar-refractivity contribution in [2.45, 2.75) is 163 Å². The lowest BCUT2D eigenvalue weighted by Gasteiger charge is -2.21. The molecule has 4 aromatic carbocycles. The molecule has 2 unspecified atom stereocenters. The van der Waals surface area contributed by atoms with Crippen molar-refractivity contribution < 1.29 is 45.5 Å². The van der Waals surface area contributed by atoms with Gasteiger partial charge in [-0.3, -0.25) is 23.9 Å². The monoisotopic (exact) mass is 1200 g/mol. The van der Waals surface area contributed by atoms with Crippen molar-refractivity contribution in [3.05, 3.63) is 118 Å². The van der Waals surface area contributed by atoms with Crippen LogP contribution in [-0.4, -0.2) is 89.3 Å². The van der Waals surface area contributed by atoms with Gasteiger partial charge in [0.1, 0.15) is 18.4 Å². The van der Waals surface area contributed by atoms with E-state index < -0.39 is 49.5 Å². The van der Waals surface area contributed by atoms with Crippen LogP contribution in [0.4, 0.5) is 22.7 Å². The molecular weight excluding hydrogens is 1110 g/mol. The van der Waals surface area contributed by atoms with Gasteiger partial charge >= 0.3 is 5.97 Å². The second kappa shape index (κ2) is 38.3. The smallest absolute Gasteiger partial charge is 0.338 e. The summed E-state index contributed by atoms with van der Waals surface area (Å²) in [4.78, 5) is 66.7. The SMILES string of the molecule is CCCCCCCCCCCCS(=O)(=O)CCOC(=O)c1ccc(Cl)c(NC(=O)C(C)C(=O)N(C)Cc2ccccc2)c1.CCCCCCCCCCCCS(=O)(=O)Nc1ccc(Cl)c(NC(=O)C(C)C(=O)N(C)c2ccccc2)c1. The number of carbonyl (C=O) groups excluding carboxylic acids is 5. The van der Waals surface area contributed by atoms with Crippen molar-refractivity contribution in [1.29, 1.82) is 0 Å². The molecule has 81 heavy (non-hydrogen) atoms. The van der Waals surface area contributed by atoms with E-state index in [1.165, 1.54) is 131 Å². The van der Waals surface area contributed by atoms with Crippen molar-refractivity contribution in [2.75, 3.05) is 58.2 Å². The molecule has 0 saturated carbocycles. The molecule has 448 valence electrons. The van der Waals surface area contributed by atoms with Crippen LogP contribution >= 0.6 is 23.2 Å². The molecule has 4 amide bonds. The normalized spacial score (nSPS) is 12.0. The molecule has 0 aliphatic carbocycles. The molecule has 0 radical (unpaired) electrons. The largest absolute Gasteiger partial charge is 0.461 e. The fraction of sp³-hybridized carbons (Fsp3) is 0.532. The summed E-state index contributed by atoms with van der Waals surface area (Å²) in [5, 5.41) is 5.70. The number of esters is 1. The van der Waals surface area contributed by atoms with E-state index in [9.17, 15) is 40.8 Å². The van der Waals surface area contributed by atoms with E-state index in [4.69, 9.17) is 27.9 Å². The van der Waals surface area contributed by atoms with Crippen molar-refractivity contribution >= 4 is 95.4 Å². The van der Waals surface area contributed by atoms with Crippen LogP contribution < -0.4 is 20.3 Å². The standard InChI is InChI=1S/C33H47ClN2O6S.C29H42ClN3O4S/c1-4-5-6-7-8-9-10-11-12-16-22-43(40,41)23-21-42-33(39)28-19-20-29(34)30(24-28)35-31(37)26(2)32(38)36(3)25-27-17-14-13-15-18-27;1-4-5-6-7-8-9-10-11-12-16-21-38(36,37)32-24-19-20-26(30)27(22-24)31-28(34)23(2)29(35)33(3)25-17-14-13-15-18-25/h13-15,17-20,24,26H,4-12,16,21-23,25H2,1-3H3,(H,35,37);13-15,17-20,22-23,32H,4-12,16,21H2,1-3H3,(H,31,34). The first-order chi connectivity index (χ1) is 38.7. The summed E-state index contributed by atoms with van der Waals surface area (Å²) >= 11 is 12.5. The minimum atomic E-state index is -3.54. The second-order valence-corrected chi connectivity index (χ2v) is 25.8. The van der Waals surface area contributed by atoms with Gasteiger partial charge in [-0.1, -0.05) is 201 Å². The maximum atomic E-state index is 12.8. The predicted octanol–water partition coefficient (Wildman–Crippen LogP) is 14.3. The third kappa shape index (κ3) is 27.9. The maximum absolute atomic E-state index is 12.8. The zero-order chi connectivity index (χ0) is 59.6. The van der Waals surface area contributed by atoms with Gasteiger partial charge in [-0.25, -0.2) is 21.6 Å². The summed E-state index contributed by atoms with van der Waals surface area (Å²) < 4.78 is 57.7. The first-order valence-electron chi connectivity index (χ1n) is 28.9. The molecule has 15 nitrogen and oxygen atoms in total. The maximum Gasteiger partial charge on any atom is 0.338 e. The van der Waals surface area contributed by atoms with E-state index in [0.717, 1.165) is 44.1 Å². The number of amides is 4. The summed E-state index contributed by atoms with van der Waals surface area (Å²) in [6.45, 7) is 7.53. The Kier molecular flexibility index (Phi) is 33.0. The van der Waals surface area contributed by atoms with Gasteiger partial charge in [0, 0.05) is 26.3 Å². The molecule has 0 aliphatic heterocycles. The van der Waals surface area contributed by atoms with Gasteiger partial charge in [-0.2, -0.15) is 0 Å². The zero-order valence-corrected chi connectivity index (χ0v) is 51.8. The lowest BCUT2D eigenvalue weighted by atomic mass is 10.1. The number of para-hydroxylation sites is 1. The molecule has 19 heteroatoms. The summed E-state index contributed by atoms with van der Waals surface area (Å²) in [6, 6.07) is 27.2. The first kappa shape index (κ1) is 69.8. The number of rotatable bonds is 37. The molecule has 0 aliphatic rings. The van der Waals surface area contributed by atoms with E-state index in [1.807, 2.05) is 48.5 Å². The quantitative estimate of drug-likeness (QED) is 0.0221. The average Bonchev–Trinajstić information content (AvgIpc) is 3.45. The summed E-state index contributed by atoms with van der Waals surface area (Å²) in [6.07, 6.45) is 22.5. The highest BCUT2D eigenvalue weighted by molar-refractivity contribution is 7.92. The fourth-order valence-electron chi connectivity index (χ4n) is 8.74. The van der Waals surface area contributed by atoms with Gasteiger partial charge in [0.05, 0.1) is 49.9 Å². The van der Waals surface area contributed by atoms with Gasteiger partial charge < -0.3 is 25.2 Å². The number of ether oxygens (including phenoxy) is 1. The Morgan fingerprint density at radius 3 is 1.49 bits per heavy atom. The van der Waals surface area contributed by atoms with Crippen molar-refractivity contribution in [1.82, 2.24) is 4.90 Å². The van der Waals surface area contributed by atoms with Crippen LogP contribution in [0.2, 0.25) is 10.0 Å². The highest BCUT2D eigenvalue weighted by Gasteiger charge is 2.28. The fourth-order valence-corrected chi connectivity index (χ4v) is 11.4. The number of anilines is 4. The molecule has 0 aromatic heterocycles. The van der Waals surface area contributed by atoms with Gasteiger partial charge in [-0.05, 0) is 80.8 Å². The molecular formula is C62H89Cl2N5O10S2. The molecule has 4 aromatic rings. The van der Waals surface area contributed by atoms with Gasteiger partial charge in [-0.15, -0.1) is 0 Å². The van der Waals surface area contributed by atoms with Crippen LogP contribution in [0.15, 0.2) is 97.1 Å². The van der Waals surface area contributed by atoms with Gasteiger partial charge in [0.25, 0.3) is 0 Å². The molecule has 2 atom stereocenters. The summed E-state index contributed by atoms with van der Waals surface area (Å²) in [7, 11) is -3.64. The van der Waals surface area contributed by atoms with Crippen LogP contribution in [0.3, 0.4) is 0 Å². The van der Waals surface area contributed by atoms with Crippen LogP contribution in [-0.2, 0) is 50.3 Å². The molecule has 3 N–H and O–H groups in total. The van der Waals surface area contributed by atoms with Gasteiger partial charge in [0.2, 0.25) is 33.7 Å². The Hall–Kier alpha value is -5.49. The van der Waals surface area contributed by atoms with E-state index >= 15 is 0 Å². The lowest BCUT2D eigenvalue weighted by Crippen LogP contribution is -2.38. The number of benzene rings is 4. The summed E-state index contributed by atoms with van der Waals surface area (Å²) in [5.74, 6) is -4.70. The molecule has 0 saturated heterocycles. The highest BCUT2D eigenvalue weighted by atomic mass is 35.5. The highest BCUT2D eigenvalue weighted by Crippen LogP contribution is 2.28. The Morgan fingerprint density at radius 1 is 0.531 bits per heavy atom. The molecule has 0 heterocycles.